The number of carbonyl (C=O) groups is 1. The van der Waals surface area contributed by atoms with Crippen molar-refractivity contribution in [2.75, 3.05) is 73.0 Å². The van der Waals surface area contributed by atoms with Crippen molar-refractivity contribution in [1.82, 2.24) is 10.2 Å². The normalized spacial score (nSPS) is 11.9. The Morgan fingerprint density at radius 3 is 1.92 bits per heavy atom. The average Bonchev–Trinajstić information content (AvgIpc) is 2.55. The second-order valence-corrected chi connectivity index (χ2v) is 7.22. The zero-order valence-corrected chi connectivity index (χ0v) is 17.5. The summed E-state index contributed by atoms with van der Waals surface area (Å²) in [6.45, 7) is 15.0. The van der Waals surface area contributed by atoms with Crippen molar-refractivity contribution in [2.24, 2.45) is 0 Å². The molecular formula is C19H40N2O5. The van der Waals surface area contributed by atoms with Crippen molar-refractivity contribution in [1.29, 1.82) is 0 Å². The van der Waals surface area contributed by atoms with E-state index in [0.29, 0.717) is 46.1 Å². The van der Waals surface area contributed by atoms with Crippen molar-refractivity contribution in [2.45, 2.75) is 46.1 Å². The molecule has 0 atom stereocenters. The zero-order valence-electron chi connectivity index (χ0n) is 17.5. The number of ether oxygens (including phenoxy) is 4. The maximum absolute atomic E-state index is 11.6. The van der Waals surface area contributed by atoms with Gasteiger partial charge in [0.1, 0.15) is 0 Å². The summed E-state index contributed by atoms with van der Waals surface area (Å²) in [5, 5.41) is 2.90. The molecule has 0 unspecified atom stereocenters. The van der Waals surface area contributed by atoms with E-state index < -0.39 is 0 Å². The van der Waals surface area contributed by atoms with Crippen LogP contribution >= 0.6 is 0 Å². The maximum Gasteiger partial charge on any atom is 0.222 e. The molecule has 0 saturated heterocycles. The first-order valence-electron chi connectivity index (χ1n) is 9.64. The Balaban J connectivity index is 3.39. The summed E-state index contributed by atoms with van der Waals surface area (Å²) in [4.78, 5) is 13.9. The van der Waals surface area contributed by atoms with E-state index >= 15 is 0 Å². The average molecular weight is 377 g/mol. The molecule has 0 aliphatic carbocycles. The highest BCUT2D eigenvalue weighted by molar-refractivity contribution is 5.76. The standard InChI is InChI=1S/C19H40N2O5/c1-6-8-21(9-12-23-5)10-13-25-15-17-26-16-14-24-11-7-18(22)20-19(2,3)4/h6-17H2,1-5H3,(H,20,22). The first-order chi connectivity index (χ1) is 12.4. The second-order valence-electron chi connectivity index (χ2n) is 7.22. The van der Waals surface area contributed by atoms with Gasteiger partial charge in [0.25, 0.3) is 0 Å². The number of hydrogen-bond donors (Lipinski definition) is 1. The fourth-order valence-electron chi connectivity index (χ4n) is 2.25. The summed E-state index contributed by atoms with van der Waals surface area (Å²) in [6.07, 6.45) is 1.50. The third-order valence-corrected chi connectivity index (χ3v) is 3.44. The van der Waals surface area contributed by atoms with Gasteiger partial charge in [-0.1, -0.05) is 6.92 Å². The minimum Gasteiger partial charge on any atom is -0.383 e. The van der Waals surface area contributed by atoms with Crippen molar-refractivity contribution in [3.63, 3.8) is 0 Å². The summed E-state index contributed by atoms with van der Waals surface area (Å²) in [5.41, 5.74) is -0.197. The number of nitrogens with zero attached hydrogens (tertiary/aromatic N) is 1. The molecule has 0 aromatic carbocycles. The topological polar surface area (TPSA) is 69.3 Å². The lowest BCUT2D eigenvalue weighted by Crippen LogP contribution is -2.40. The van der Waals surface area contributed by atoms with Gasteiger partial charge in [-0.25, -0.2) is 0 Å². The van der Waals surface area contributed by atoms with E-state index in [1.54, 1.807) is 7.11 Å². The van der Waals surface area contributed by atoms with E-state index in [-0.39, 0.29) is 11.4 Å². The van der Waals surface area contributed by atoms with Crippen LogP contribution in [0, 0.1) is 0 Å². The molecule has 0 heterocycles. The van der Waals surface area contributed by atoms with Crippen LogP contribution in [-0.4, -0.2) is 89.3 Å². The predicted molar refractivity (Wildman–Crippen MR) is 104 cm³/mol. The van der Waals surface area contributed by atoms with E-state index in [1.807, 2.05) is 20.8 Å². The Hall–Kier alpha value is -0.730. The lowest BCUT2D eigenvalue weighted by Gasteiger charge is -2.21. The molecule has 0 aliphatic rings. The van der Waals surface area contributed by atoms with Gasteiger partial charge in [-0.15, -0.1) is 0 Å². The molecule has 7 heteroatoms. The molecule has 0 saturated carbocycles. The van der Waals surface area contributed by atoms with Gasteiger partial charge in [-0.3, -0.25) is 9.69 Å². The molecule has 0 rings (SSSR count). The van der Waals surface area contributed by atoms with Crippen LogP contribution in [0.25, 0.3) is 0 Å². The van der Waals surface area contributed by atoms with Crippen LogP contribution in [-0.2, 0) is 23.7 Å². The van der Waals surface area contributed by atoms with Crippen LogP contribution in [0.2, 0.25) is 0 Å². The Labute approximate surface area is 159 Å². The van der Waals surface area contributed by atoms with Gasteiger partial charge in [-0.05, 0) is 33.7 Å². The summed E-state index contributed by atoms with van der Waals surface area (Å²) in [5.74, 6) is 0.00874. The quantitative estimate of drug-likeness (QED) is 0.390. The summed E-state index contributed by atoms with van der Waals surface area (Å²) in [6, 6.07) is 0. The fraction of sp³-hybridized carbons (Fsp3) is 0.947. The molecule has 0 spiro atoms. The highest BCUT2D eigenvalue weighted by Crippen LogP contribution is 1.99. The van der Waals surface area contributed by atoms with Crippen molar-refractivity contribution >= 4 is 5.91 Å². The highest BCUT2D eigenvalue weighted by atomic mass is 16.5. The summed E-state index contributed by atoms with van der Waals surface area (Å²) < 4.78 is 21.6. The van der Waals surface area contributed by atoms with Crippen LogP contribution in [0.3, 0.4) is 0 Å². The van der Waals surface area contributed by atoms with E-state index in [0.717, 1.165) is 32.7 Å². The van der Waals surface area contributed by atoms with Crippen LogP contribution in [0.1, 0.15) is 40.5 Å². The van der Waals surface area contributed by atoms with E-state index in [1.165, 1.54) is 0 Å². The van der Waals surface area contributed by atoms with E-state index in [4.69, 9.17) is 18.9 Å². The minimum absolute atomic E-state index is 0.00874. The first-order valence-corrected chi connectivity index (χ1v) is 9.64. The Morgan fingerprint density at radius 1 is 0.846 bits per heavy atom. The molecule has 0 bridgehead atoms. The van der Waals surface area contributed by atoms with Gasteiger partial charge in [0.05, 0.1) is 46.2 Å². The Kier molecular flexibility index (Phi) is 16.0. The minimum atomic E-state index is -0.197. The second kappa shape index (κ2) is 16.4. The van der Waals surface area contributed by atoms with E-state index in [2.05, 4.69) is 17.1 Å². The molecule has 0 aromatic heterocycles. The van der Waals surface area contributed by atoms with Gasteiger partial charge < -0.3 is 24.3 Å². The molecule has 1 N–H and O–H groups in total. The predicted octanol–water partition coefficient (Wildman–Crippen LogP) is 1.70. The molecule has 1 amide bonds. The molecule has 0 fully saturated rings. The van der Waals surface area contributed by atoms with Gasteiger partial charge in [0, 0.05) is 32.2 Å². The molecule has 156 valence electrons. The lowest BCUT2D eigenvalue weighted by molar-refractivity contribution is -0.123. The molecular weight excluding hydrogens is 336 g/mol. The van der Waals surface area contributed by atoms with Crippen LogP contribution < -0.4 is 5.32 Å². The fourth-order valence-corrected chi connectivity index (χ4v) is 2.25. The number of carbonyl (C=O) groups excluding carboxylic acids is 1. The number of hydrogen-bond acceptors (Lipinski definition) is 6. The van der Waals surface area contributed by atoms with Gasteiger partial charge in [0.15, 0.2) is 0 Å². The van der Waals surface area contributed by atoms with Gasteiger partial charge >= 0.3 is 0 Å². The summed E-state index contributed by atoms with van der Waals surface area (Å²) >= 11 is 0. The first kappa shape index (κ1) is 25.3. The number of rotatable bonds is 17. The number of nitrogens with one attached hydrogen (secondary N) is 1. The number of amides is 1. The third-order valence-electron chi connectivity index (χ3n) is 3.44. The highest BCUT2D eigenvalue weighted by Gasteiger charge is 2.12. The Morgan fingerprint density at radius 2 is 1.38 bits per heavy atom. The van der Waals surface area contributed by atoms with Crippen molar-refractivity contribution < 1.29 is 23.7 Å². The molecule has 0 aromatic rings. The molecule has 26 heavy (non-hydrogen) atoms. The smallest absolute Gasteiger partial charge is 0.222 e. The van der Waals surface area contributed by atoms with Crippen molar-refractivity contribution in [3.8, 4) is 0 Å². The van der Waals surface area contributed by atoms with E-state index in [9.17, 15) is 4.79 Å². The van der Waals surface area contributed by atoms with Gasteiger partial charge in [0.2, 0.25) is 5.91 Å². The van der Waals surface area contributed by atoms with Crippen LogP contribution in [0.5, 0.6) is 0 Å². The maximum atomic E-state index is 11.6. The SMILES string of the molecule is CCCN(CCOC)CCOCCOCCOCCC(=O)NC(C)(C)C. The van der Waals surface area contributed by atoms with Crippen LogP contribution in [0.15, 0.2) is 0 Å². The largest absolute Gasteiger partial charge is 0.383 e. The van der Waals surface area contributed by atoms with Crippen molar-refractivity contribution in [3.05, 3.63) is 0 Å². The van der Waals surface area contributed by atoms with Gasteiger partial charge in [-0.2, -0.15) is 0 Å². The zero-order chi connectivity index (χ0) is 19.7. The summed E-state index contributed by atoms with van der Waals surface area (Å²) in [7, 11) is 1.72. The molecule has 0 radical (unpaired) electrons. The van der Waals surface area contributed by atoms with Crippen LogP contribution in [0.4, 0.5) is 0 Å². The lowest BCUT2D eigenvalue weighted by atomic mass is 10.1. The monoisotopic (exact) mass is 376 g/mol. The molecule has 0 aliphatic heterocycles. The number of methoxy groups -OCH3 is 1. The molecule has 7 nitrogen and oxygen atoms in total. The third kappa shape index (κ3) is 18.1. The Bertz CT molecular complexity index is 334.